The van der Waals surface area contributed by atoms with Crippen LogP contribution in [0.25, 0.3) is 33.6 Å². The molecular formula is C47H46N2Pt. The Morgan fingerprint density at radius 2 is 0.920 bits per heavy atom. The van der Waals surface area contributed by atoms with E-state index >= 15 is 0 Å². The van der Waals surface area contributed by atoms with Gasteiger partial charge >= 0.3 is 21.1 Å². The Bertz CT molecular complexity index is 2130. The van der Waals surface area contributed by atoms with E-state index in [9.17, 15) is 0 Å². The van der Waals surface area contributed by atoms with Gasteiger partial charge in [0.05, 0.1) is 0 Å². The maximum atomic E-state index is 4.95. The zero-order chi connectivity index (χ0) is 34.8. The van der Waals surface area contributed by atoms with Gasteiger partial charge in [-0.25, -0.2) is 0 Å². The van der Waals surface area contributed by atoms with E-state index in [1.54, 1.807) is 0 Å². The Morgan fingerprint density at radius 1 is 0.460 bits per heavy atom. The minimum atomic E-state index is -0.685. The minimum absolute atomic E-state index is 0. The summed E-state index contributed by atoms with van der Waals surface area (Å²) in [7, 11) is 0. The quantitative estimate of drug-likeness (QED) is 0.165. The molecule has 0 spiro atoms. The summed E-state index contributed by atoms with van der Waals surface area (Å²) in [6.07, 6.45) is 3.82. The third-order valence-corrected chi connectivity index (χ3v) is 10.1. The molecule has 0 bridgehead atoms. The van der Waals surface area contributed by atoms with Gasteiger partial charge in [-0.15, -0.1) is 69.8 Å². The number of fused-ring (bicyclic) bond motifs is 3. The third-order valence-electron chi connectivity index (χ3n) is 10.1. The second kappa shape index (κ2) is 12.9. The number of pyridine rings is 2. The van der Waals surface area contributed by atoms with E-state index in [2.05, 4.69) is 172 Å². The van der Waals surface area contributed by atoms with Crippen molar-refractivity contribution >= 4 is 0 Å². The molecule has 2 nitrogen and oxygen atoms in total. The molecule has 0 radical (unpaired) electrons. The van der Waals surface area contributed by atoms with Crippen molar-refractivity contribution in [2.75, 3.05) is 0 Å². The second-order valence-corrected chi connectivity index (χ2v) is 16.6. The number of nitrogens with zero attached hydrogens (tertiary/aromatic N) is 2. The zero-order valence-electron chi connectivity index (χ0n) is 30.7. The summed E-state index contributed by atoms with van der Waals surface area (Å²) < 4.78 is 0. The predicted octanol–water partition coefficient (Wildman–Crippen LogP) is 11.7. The molecule has 0 N–H and O–H groups in total. The molecule has 0 atom stereocenters. The summed E-state index contributed by atoms with van der Waals surface area (Å²) in [6.45, 7) is 20.5. The van der Waals surface area contributed by atoms with Gasteiger partial charge in [-0.1, -0.05) is 129 Å². The first-order chi connectivity index (χ1) is 23.2. The van der Waals surface area contributed by atoms with Crippen molar-refractivity contribution in [1.29, 1.82) is 0 Å². The van der Waals surface area contributed by atoms with E-state index in [4.69, 9.17) is 9.97 Å². The molecule has 0 amide bonds. The van der Waals surface area contributed by atoms with Gasteiger partial charge in [0.2, 0.25) is 0 Å². The van der Waals surface area contributed by atoms with Crippen LogP contribution >= 0.6 is 0 Å². The summed E-state index contributed by atoms with van der Waals surface area (Å²) in [5.74, 6) is 0. The van der Waals surface area contributed by atoms with Crippen LogP contribution in [0.1, 0.15) is 101 Å². The van der Waals surface area contributed by atoms with Gasteiger partial charge in [0.1, 0.15) is 0 Å². The number of benzene rings is 4. The topological polar surface area (TPSA) is 25.8 Å². The van der Waals surface area contributed by atoms with Crippen molar-refractivity contribution in [1.82, 2.24) is 9.97 Å². The largest absolute Gasteiger partial charge is 2.00 e. The van der Waals surface area contributed by atoms with Crippen molar-refractivity contribution < 1.29 is 21.1 Å². The van der Waals surface area contributed by atoms with Crippen molar-refractivity contribution in [3.63, 3.8) is 0 Å². The molecule has 7 rings (SSSR count). The Labute approximate surface area is 313 Å². The molecule has 2 aromatic heterocycles. The van der Waals surface area contributed by atoms with E-state index in [0.29, 0.717) is 0 Å². The van der Waals surface area contributed by atoms with Gasteiger partial charge < -0.3 is 9.97 Å². The van der Waals surface area contributed by atoms with Gasteiger partial charge in [0.25, 0.3) is 0 Å². The fourth-order valence-corrected chi connectivity index (χ4v) is 7.21. The first-order valence-electron chi connectivity index (χ1n) is 17.4. The van der Waals surface area contributed by atoms with Crippen LogP contribution in [0.15, 0.2) is 116 Å². The van der Waals surface area contributed by atoms with Gasteiger partial charge in [-0.2, -0.15) is 0 Å². The van der Waals surface area contributed by atoms with Crippen molar-refractivity contribution in [3.05, 3.63) is 167 Å². The van der Waals surface area contributed by atoms with E-state index in [0.717, 1.165) is 33.6 Å². The zero-order valence-corrected chi connectivity index (χ0v) is 33.0. The van der Waals surface area contributed by atoms with Crippen LogP contribution in [0.4, 0.5) is 0 Å². The minimum Gasteiger partial charge on any atom is -0.305 e. The first-order valence-corrected chi connectivity index (χ1v) is 17.4. The molecule has 6 aromatic rings. The summed E-state index contributed by atoms with van der Waals surface area (Å²) in [4.78, 5) is 9.76. The van der Waals surface area contributed by atoms with Crippen molar-refractivity contribution in [3.8, 4) is 33.6 Å². The van der Waals surface area contributed by atoms with E-state index in [1.807, 2.05) is 18.5 Å². The molecular weight excluding hydrogens is 788 g/mol. The van der Waals surface area contributed by atoms with Gasteiger partial charge in [-0.3, -0.25) is 0 Å². The van der Waals surface area contributed by atoms with Crippen molar-refractivity contribution in [2.24, 2.45) is 0 Å². The smallest absolute Gasteiger partial charge is 0.305 e. The summed E-state index contributed by atoms with van der Waals surface area (Å²) in [6, 6.07) is 45.7. The van der Waals surface area contributed by atoms with Gasteiger partial charge in [0.15, 0.2) is 0 Å². The number of hydrogen-bond acceptors (Lipinski definition) is 2. The van der Waals surface area contributed by atoms with Crippen LogP contribution in [0.5, 0.6) is 0 Å². The molecule has 50 heavy (non-hydrogen) atoms. The van der Waals surface area contributed by atoms with Crippen molar-refractivity contribution in [2.45, 2.75) is 84.0 Å². The fourth-order valence-electron chi connectivity index (χ4n) is 7.21. The normalized spacial score (nSPS) is 13.7. The molecule has 0 saturated heterocycles. The van der Waals surface area contributed by atoms with E-state index in [-0.39, 0.29) is 37.3 Å². The Balaban J connectivity index is 0.00000432. The molecule has 4 aromatic carbocycles. The average molecular weight is 834 g/mol. The Morgan fingerprint density at radius 3 is 1.40 bits per heavy atom. The molecule has 2 heterocycles. The maximum Gasteiger partial charge on any atom is 2.00 e. The Hall–Kier alpha value is -4.13. The van der Waals surface area contributed by atoms with Gasteiger partial charge in [0, 0.05) is 17.8 Å². The van der Waals surface area contributed by atoms with Crippen LogP contribution in [0.3, 0.4) is 0 Å². The molecule has 3 heteroatoms. The summed E-state index contributed by atoms with van der Waals surface area (Å²) in [5, 5.41) is 0. The van der Waals surface area contributed by atoms with Crippen LogP contribution in [0.2, 0.25) is 0 Å². The summed E-state index contributed by atoms with van der Waals surface area (Å²) >= 11 is 0. The first kappa shape index (κ1) is 35.7. The molecule has 0 fully saturated rings. The van der Waals surface area contributed by atoms with Crippen LogP contribution in [0, 0.1) is 12.1 Å². The van der Waals surface area contributed by atoms with Crippen LogP contribution in [-0.4, -0.2) is 9.97 Å². The molecule has 0 unspecified atom stereocenters. The molecule has 0 aliphatic heterocycles. The van der Waals surface area contributed by atoms with Gasteiger partial charge in [-0.05, 0) is 67.6 Å². The maximum absolute atomic E-state index is 4.95. The molecule has 254 valence electrons. The predicted molar refractivity (Wildman–Crippen MR) is 204 cm³/mol. The summed E-state index contributed by atoms with van der Waals surface area (Å²) in [5.41, 5.74) is 13.9. The average Bonchev–Trinajstić information content (AvgIpc) is 3.38. The van der Waals surface area contributed by atoms with E-state index < -0.39 is 5.41 Å². The monoisotopic (exact) mass is 833 g/mol. The number of hydrogen-bond donors (Lipinski definition) is 0. The third kappa shape index (κ3) is 6.22. The number of rotatable bonds is 4. The molecule has 1 aliphatic rings. The fraction of sp³-hybridized carbons (Fsp3) is 0.277. The molecule has 0 saturated carbocycles. The van der Waals surface area contributed by atoms with E-state index in [1.165, 1.54) is 38.9 Å². The van der Waals surface area contributed by atoms with Crippen LogP contribution in [-0.2, 0) is 42.7 Å². The number of aromatic nitrogens is 2. The SMILES string of the molecule is CC(C)(C)c1cc(-c2ccccn2)[c-]c(C2(c3[c-]c(-c4cc(C(C)(C)C)ccn4)cc(C(C)(C)C)c3)c3ccccc3-c3ccccc32)c1.[Pt+2]. The molecule has 1 aliphatic carbocycles. The second-order valence-electron chi connectivity index (χ2n) is 16.6. The Kier molecular flexibility index (Phi) is 9.19. The van der Waals surface area contributed by atoms with Crippen LogP contribution < -0.4 is 0 Å². The standard InChI is InChI=1S/C47H46N2.Pt/c1-44(2,3)33-21-23-49-43(30-33)32-25-35(46(7,8)9)29-37(27-32)47(40-18-12-10-16-38(40)39-17-11-13-19-41(39)47)36-26-31(42-20-14-15-22-48-42)24-34(28-36)45(4,5)6;/h10-25,28-30H,1-9H3;/q-2;+2.